The van der Waals surface area contributed by atoms with Crippen LogP contribution >= 0.6 is 0 Å². The van der Waals surface area contributed by atoms with Crippen LogP contribution in [-0.4, -0.2) is 110 Å². The molecule has 2 fully saturated rings. The van der Waals surface area contributed by atoms with Crippen molar-refractivity contribution in [2.45, 2.75) is 79.9 Å². The number of benzene rings is 4. The SMILES string of the molecule is CO[C@H]1O[C@H](CO[C@H]2O[C@H](COCc3ccccc3)[C@@H](OCc3ccccc3)[C@H](OCc3ccccc3)[C@@H]2[Se]c2ccccc2)[C@@H](O)[C@H](OC)[C@H]1OC. The van der Waals surface area contributed by atoms with Gasteiger partial charge in [0.15, 0.2) is 0 Å². The number of ether oxygens (including phenoxy) is 9. The normalized spacial score (nSPS) is 28.8. The quantitative estimate of drug-likeness (QED) is 0.143. The van der Waals surface area contributed by atoms with Crippen LogP contribution in [0.5, 0.6) is 0 Å². The molecule has 0 radical (unpaired) electrons. The maximum absolute atomic E-state index is 11.4. The van der Waals surface area contributed by atoms with Gasteiger partial charge in [0.1, 0.15) is 0 Å². The molecule has 10 nitrogen and oxygen atoms in total. The van der Waals surface area contributed by atoms with Gasteiger partial charge in [0.2, 0.25) is 0 Å². The van der Waals surface area contributed by atoms with Crippen molar-refractivity contribution in [3.05, 3.63) is 138 Å². The topological polar surface area (TPSA) is 103 Å². The number of methoxy groups -OCH3 is 3. The fourth-order valence-electron chi connectivity index (χ4n) is 6.65. The molecule has 2 aliphatic heterocycles. The van der Waals surface area contributed by atoms with Crippen molar-refractivity contribution in [2.75, 3.05) is 34.5 Å². The third-order valence-electron chi connectivity index (χ3n) is 9.39. The predicted molar refractivity (Wildman–Crippen MR) is 200 cm³/mol. The van der Waals surface area contributed by atoms with Crippen molar-refractivity contribution < 1.29 is 47.7 Å². The molecule has 11 heteroatoms. The molecule has 0 saturated carbocycles. The van der Waals surface area contributed by atoms with Crippen molar-refractivity contribution in [1.29, 1.82) is 0 Å². The Morgan fingerprint density at radius 1 is 0.509 bits per heavy atom. The molecule has 2 heterocycles. The molecule has 53 heavy (non-hydrogen) atoms. The Balaban J connectivity index is 1.31. The minimum atomic E-state index is -1.05. The van der Waals surface area contributed by atoms with Crippen LogP contribution in [0.15, 0.2) is 121 Å². The predicted octanol–water partition coefficient (Wildman–Crippen LogP) is 4.70. The van der Waals surface area contributed by atoms with Gasteiger partial charge in [-0.15, -0.1) is 0 Å². The first kappa shape index (κ1) is 39.7. The van der Waals surface area contributed by atoms with Gasteiger partial charge in [0.25, 0.3) is 0 Å². The second-order valence-electron chi connectivity index (χ2n) is 13.0. The summed E-state index contributed by atoms with van der Waals surface area (Å²) in [5.41, 5.74) is 3.14. The van der Waals surface area contributed by atoms with E-state index in [4.69, 9.17) is 42.6 Å². The van der Waals surface area contributed by atoms with Gasteiger partial charge in [-0.25, -0.2) is 0 Å². The van der Waals surface area contributed by atoms with Crippen molar-refractivity contribution in [1.82, 2.24) is 0 Å². The minimum absolute atomic E-state index is 0.00188. The second kappa shape index (κ2) is 20.6. The summed E-state index contributed by atoms with van der Waals surface area (Å²) in [6, 6.07) is 40.6. The van der Waals surface area contributed by atoms with Crippen LogP contribution in [0.1, 0.15) is 16.7 Å². The fourth-order valence-corrected chi connectivity index (χ4v) is 9.27. The van der Waals surface area contributed by atoms with E-state index in [-0.39, 0.29) is 33.0 Å². The number of rotatable bonds is 18. The monoisotopic (exact) mass is 794 g/mol. The molecule has 0 aromatic heterocycles. The van der Waals surface area contributed by atoms with Crippen molar-refractivity contribution in [3.63, 3.8) is 0 Å². The number of aliphatic hydroxyl groups is 1. The van der Waals surface area contributed by atoms with Crippen LogP contribution in [0.3, 0.4) is 0 Å². The zero-order chi connectivity index (χ0) is 36.8. The zero-order valence-electron chi connectivity index (χ0n) is 30.4. The Labute approximate surface area is 318 Å². The molecule has 4 aromatic rings. The molecular weight excluding hydrogens is 743 g/mol. The van der Waals surface area contributed by atoms with Crippen LogP contribution in [0.2, 0.25) is 4.82 Å². The molecule has 6 rings (SSSR count). The van der Waals surface area contributed by atoms with Gasteiger partial charge >= 0.3 is 320 Å². The summed E-state index contributed by atoms with van der Waals surface area (Å²) in [7, 11) is 4.60. The average Bonchev–Trinajstić information content (AvgIpc) is 3.21. The molecule has 0 bridgehead atoms. The summed E-state index contributed by atoms with van der Waals surface area (Å²) < 4.78 is 57.8. The van der Waals surface area contributed by atoms with Gasteiger partial charge in [0.05, 0.1) is 0 Å². The van der Waals surface area contributed by atoms with E-state index in [1.807, 2.05) is 97.1 Å². The van der Waals surface area contributed by atoms with Gasteiger partial charge < -0.3 is 0 Å². The Bertz CT molecular complexity index is 1590. The summed E-state index contributed by atoms with van der Waals surface area (Å²) in [6.07, 6.45) is -6.17. The molecule has 0 aliphatic carbocycles. The molecule has 284 valence electrons. The number of hydrogen-bond acceptors (Lipinski definition) is 10. The first-order valence-corrected chi connectivity index (χ1v) is 19.8. The Kier molecular flexibility index (Phi) is 15.4. The summed E-state index contributed by atoms with van der Waals surface area (Å²) in [5.74, 6) is 0. The Morgan fingerprint density at radius 2 is 1.02 bits per heavy atom. The third-order valence-corrected chi connectivity index (χ3v) is 12.1. The van der Waals surface area contributed by atoms with Crippen LogP contribution in [0.4, 0.5) is 0 Å². The summed E-state index contributed by atoms with van der Waals surface area (Å²) in [4.78, 5) is -0.260. The van der Waals surface area contributed by atoms with Crippen molar-refractivity contribution in [2.24, 2.45) is 0 Å². The fraction of sp³-hybridized carbons (Fsp3) is 0.429. The zero-order valence-corrected chi connectivity index (χ0v) is 32.1. The molecule has 4 aromatic carbocycles. The van der Waals surface area contributed by atoms with Crippen molar-refractivity contribution in [3.8, 4) is 0 Å². The Hall–Kier alpha value is -3.00. The third kappa shape index (κ3) is 10.8. The molecule has 0 amide bonds. The first-order chi connectivity index (χ1) is 26.1. The average molecular weight is 794 g/mol. The number of aliphatic hydroxyl groups excluding tert-OH is 1. The summed E-state index contributed by atoms with van der Waals surface area (Å²) >= 11 is -0.186. The molecule has 1 N–H and O–H groups in total. The standard InChI is InChI=1S/C42H50O10Se/c1-44-37-35(43)33(51-41(46-3)39(37)45-2)28-50-42-40(53-32-22-14-7-15-23-32)38(49-26-31-20-12-6-13-21-31)36(48-25-30-18-10-5-11-19-30)34(52-42)27-47-24-29-16-8-4-9-17-29/h4-23,33-43H,24-28H2,1-3H3/t33-,34-,35-,36-,37+,38+,39-,40+,41+,42+/m1/s1. The molecule has 10 atom stereocenters. The van der Waals surface area contributed by atoms with Crippen molar-refractivity contribution >= 4 is 19.4 Å². The maximum atomic E-state index is 11.4. The van der Waals surface area contributed by atoms with Gasteiger partial charge in [-0.05, 0) is 0 Å². The van der Waals surface area contributed by atoms with E-state index < -0.39 is 55.3 Å². The van der Waals surface area contributed by atoms with E-state index in [1.54, 1.807) is 0 Å². The van der Waals surface area contributed by atoms with Gasteiger partial charge in [0, 0.05) is 0 Å². The molecule has 2 saturated heterocycles. The van der Waals surface area contributed by atoms with Crippen LogP contribution in [0.25, 0.3) is 0 Å². The van der Waals surface area contributed by atoms with Crippen LogP contribution in [-0.2, 0) is 62.5 Å². The van der Waals surface area contributed by atoms with Crippen LogP contribution in [0, 0.1) is 0 Å². The van der Waals surface area contributed by atoms with E-state index in [1.165, 1.54) is 21.3 Å². The number of hydrogen-bond donors (Lipinski definition) is 1. The van der Waals surface area contributed by atoms with E-state index in [9.17, 15) is 5.11 Å². The molecule has 2 aliphatic rings. The molecule has 0 spiro atoms. The van der Waals surface area contributed by atoms with Gasteiger partial charge in [-0.1, -0.05) is 0 Å². The molecular formula is C42H50O10Se. The van der Waals surface area contributed by atoms with E-state index in [0.29, 0.717) is 19.8 Å². The van der Waals surface area contributed by atoms with E-state index in [0.717, 1.165) is 21.2 Å². The van der Waals surface area contributed by atoms with Gasteiger partial charge in [-0.3, -0.25) is 0 Å². The first-order valence-electron chi connectivity index (χ1n) is 17.9. The van der Waals surface area contributed by atoms with E-state index >= 15 is 0 Å². The second-order valence-corrected chi connectivity index (χ2v) is 15.6. The van der Waals surface area contributed by atoms with Crippen LogP contribution < -0.4 is 4.46 Å². The summed E-state index contributed by atoms with van der Waals surface area (Å²) in [5, 5.41) is 11.4. The van der Waals surface area contributed by atoms with Gasteiger partial charge in [-0.2, -0.15) is 0 Å². The molecule has 0 unspecified atom stereocenters. The van der Waals surface area contributed by atoms with E-state index in [2.05, 4.69) is 24.3 Å². The summed E-state index contributed by atoms with van der Waals surface area (Å²) in [6.45, 7) is 1.38. The Morgan fingerprint density at radius 3 is 1.57 bits per heavy atom.